The van der Waals surface area contributed by atoms with Crippen molar-refractivity contribution in [1.82, 2.24) is 10.3 Å². The van der Waals surface area contributed by atoms with E-state index in [1.807, 2.05) is 31.2 Å². The zero-order valence-corrected chi connectivity index (χ0v) is 12.8. The van der Waals surface area contributed by atoms with Crippen LogP contribution in [0.1, 0.15) is 51.0 Å². The second kappa shape index (κ2) is 6.20. The summed E-state index contributed by atoms with van der Waals surface area (Å²) in [6.07, 6.45) is 2.17. The molecule has 1 aromatic heterocycles. The zero-order chi connectivity index (χ0) is 16.4. The average Bonchev–Trinajstić information content (AvgIpc) is 3.38. The molecule has 1 amide bonds. The van der Waals surface area contributed by atoms with Crippen LogP contribution in [0.15, 0.2) is 42.5 Å². The van der Waals surface area contributed by atoms with Gasteiger partial charge in [-0.1, -0.05) is 35.9 Å². The molecule has 23 heavy (non-hydrogen) atoms. The first kappa shape index (κ1) is 15.2. The molecule has 1 fully saturated rings. The van der Waals surface area contributed by atoms with Gasteiger partial charge >= 0.3 is 5.97 Å². The van der Waals surface area contributed by atoms with Crippen LogP contribution >= 0.6 is 0 Å². The summed E-state index contributed by atoms with van der Waals surface area (Å²) >= 11 is 0. The molecule has 1 unspecified atom stereocenters. The van der Waals surface area contributed by atoms with Crippen molar-refractivity contribution < 1.29 is 14.7 Å². The van der Waals surface area contributed by atoms with Gasteiger partial charge in [0.15, 0.2) is 0 Å². The minimum Gasteiger partial charge on any atom is -0.477 e. The van der Waals surface area contributed by atoms with Crippen LogP contribution in [0.4, 0.5) is 0 Å². The Balaban J connectivity index is 1.80. The van der Waals surface area contributed by atoms with Crippen LogP contribution < -0.4 is 5.32 Å². The largest absolute Gasteiger partial charge is 0.477 e. The van der Waals surface area contributed by atoms with Crippen molar-refractivity contribution >= 4 is 11.9 Å². The molecular weight excluding hydrogens is 292 g/mol. The van der Waals surface area contributed by atoms with Crippen molar-refractivity contribution in [2.45, 2.75) is 25.8 Å². The number of carboxylic acid groups (broad SMARTS) is 1. The molecule has 0 radical (unpaired) electrons. The van der Waals surface area contributed by atoms with E-state index in [2.05, 4.69) is 10.3 Å². The van der Waals surface area contributed by atoms with Crippen molar-refractivity contribution in [2.24, 2.45) is 5.92 Å². The quantitative estimate of drug-likeness (QED) is 0.890. The Morgan fingerprint density at radius 3 is 2.39 bits per heavy atom. The summed E-state index contributed by atoms with van der Waals surface area (Å²) in [6, 6.07) is 12.5. The third-order valence-corrected chi connectivity index (χ3v) is 4.02. The summed E-state index contributed by atoms with van der Waals surface area (Å²) in [7, 11) is 0. The summed E-state index contributed by atoms with van der Waals surface area (Å²) in [5.74, 6) is -1.05. The monoisotopic (exact) mass is 310 g/mol. The van der Waals surface area contributed by atoms with Gasteiger partial charge in [-0.2, -0.15) is 0 Å². The molecule has 0 spiro atoms. The number of pyridine rings is 1. The van der Waals surface area contributed by atoms with Gasteiger partial charge in [0.2, 0.25) is 0 Å². The van der Waals surface area contributed by atoms with Crippen LogP contribution in [0.3, 0.4) is 0 Å². The Morgan fingerprint density at radius 1 is 1.13 bits per heavy atom. The molecule has 5 heteroatoms. The molecule has 1 aromatic carbocycles. The van der Waals surface area contributed by atoms with E-state index in [4.69, 9.17) is 5.11 Å². The topological polar surface area (TPSA) is 79.3 Å². The molecule has 118 valence electrons. The number of rotatable bonds is 5. The molecule has 0 bridgehead atoms. The van der Waals surface area contributed by atoms with Gasteiger partial charge in [0.25, 0.3) is 5.91 Å². The molecule has 0 saturated heterocycles. The average molecular weight is 310 g/mol. The molecule has 1 saturated carbocycles. The van der Waals surface area contributed by atoms with Gasteiger partial charge in [0, 0.05) is 0 Å². The van der Waals surface area contributed by atoms with Gasteiger partial charge in [-0.15, -0.1) is 0 Å². The molecular formula is C18H18N2O3. The fourth-order valence-electron chi connectivity index (χ4n) is 2.57. The third kappa shape index (κ3) is 3.56. The number of hydrogen-bond acceptors (Lipinski definition) is 3. The van der Waals surface area contributed by atoms with Crippen LogP contribution in [0.5, 0.6) is 0 Å². The molecule has 2 aromatic rings. The molecule has 1 aliphatic rings. The Hall–Kier alpha value is -2.69. The predicted molar refractivity (Wildman–Crippen MR) is 85.3 cm³/mol. The first-order valence-electron chi connectivity index (χ1n) is 7.62. The van der Waals surface area contributed by atoms with E-state index in [1.165, 1.54) is 23.8 Å². The molecule has 3 rings (SSSR count). The van der Waals surface area contributed by atoms with Gasteiger partial charge < -0.3 is 10.4 Å². The number of carbonyl (C=O) groups is 2. The molecule has 1 heterocycles. The molecule has 1 aliphatic carbocycles. The minimum absolute atomic E-state index is 0.0571. The van der Waals surface area contributed by atoms with Gasteiger partial charge in [-0.3, -0.25) is 4.79 Å². The first-order valence-corrected chi connectivity index (χ1v) is 7.62. The minimum atomic E-state index is -1.14. The summed E-state index contributed by atoms with van der Waals surface area (Å²) in [5.41, 5.74) is 2.24. The van der Waals surface area contributed by atoms with E-state index in [9.17, 15) is 9.59 Å². The SMILES string of the molecule is Cc1ccc(C(NC(=O)c2cccc(C(=O)O)n2)C2CC2)cc1. The van der Waals surface area contributed by atoms with Crippen LogP contribution in [0, 0.1) is 12.8 Å². The number of nitrogens with one attached hydrogen (secondary N) is 1. The van der Waals surface area contributed by atoms with E-state index in [0.717, 1.165) is 18.4 Å². The first-order chi connectivity index (χ1) is 11.0. The van der Waals surface area contributed by atoms with Crippen LogP contribution in [-0.2, 0) is 0 Å². The number of hydrogen-bond donors (Lipinski definition) is 2. The maximum Gasteiger partial charge on any atom is 0.354 e. The van der Waals surface area contributed by atoms with E-state index in [1.54, 1.807) is 0 Å². The van der Waals surface area contributed by atoms with Gasteiger partial charge in [-0.25, -0.2) is 9.78 Å². The smallest absolute Gasteiger partial charge is 0.354 e. The maximum absolute atomic E-state index is 12.4. The lowest BCUT2D eigenvalue weighted by molar-refractivity contribution is 0.0690. The van der Waals surface area contributed by atoms with Crippen molar-refractivity contribution in [3.05, 3.63) is 65.0 Å². The third-order valence-electron chi connectivity index (χ3n) is 4.02. The Bertz CT molecular complexity index is 736. The fourth-order valence-corrected chi connectivity index (χ4v) is 2.57. The number of aromatic carboxylic acids is 1. The highest BCUT2D eigenvalue weighted by atomic mass is 16.4. The Labute approximate surface area is 134 Å². The normalized spacial score (nSPS) is 15.0. The van der Waals surface area contributed by atoms with Crippen LogP contribution in [0.2, 0.25) is 0 Å². The van der Waals surface area contributed by atoms with E-state index in [0.29, 0.717) is 5.92 Å². The molecule has 1 atom stereocenters. The summed E-state index contributed by atoms with van der Waals surface area (Å²) in [6.45, 7) is 2.02. The number of carboxylic acids is 1. The number of benzene rings is 1. The van der Waals surface area contributed by atoms with Gasteiger partial charge in [-0.05, 0) is 43.4 Å². The number of carbonyl (C=O) groups excluding carboxylic acids is 1. The number of amides is 1. The molecule has 5 nitrogen and oxygen atoms in total. The van der Waals surface area contributed by atoms with Crippen molar-refractivity contribution in [3.8, 4) is 0 Å². The highest BCUT2D eigenvalue weighted by Gasteiger charge is 2.33. The van der Waals surface area contributed by atoms with Crippen molar-refractivity contribution in [1.29, 1.82) is 0 Å². The fraction of sp³-hybridized carbons (Fsp3) is 0.278. The van der Waals surface area contributed by atoms with E-state index >= 15 is 0 Å². The Kier molecular flexibility index (Phi) is 4.10. The van der Waals surface area contributed by atoms with Gasteiger partial charge in [0.1, 0.15) is 11.4 Å². The molecule has 0 aliphatic heterocycles. The molecule has 2 N–H and O–H groups in total. The summed E-state index contributed by atoms with van der Waals surface area (Å²) < 4.78 is 0. The zero-order valence-electron chi connectivity index (χ0n) is 12.8. The lowest BCUT2D eigenvalue weighted by Crippen LogP contribution is -2.30. The highest BCUT2D eigenvalue weighted by molar-refractivity contribution is 5.94. The second-order valence-corrected chi connectivity index (χ2v) is 5.91. The number of aryl methyl sites for hydroxylation is 1. The van der Waals surface area contributed by atoms with E-state index in [-0.39, 0.29) is 23.3 Å². The standard InChI is InChI=1S/C18H18N2O3/c1-11-5-7-12(8-6-11)16(13-9-10-13)20-17(21)14-3-2-4-15(19-14)18(22)23/h2-8,13,16H,9-10H2,1H3,(H,20,21)(H,22,23). The lowest BCUT2D eigenvalue weighted by atomic mass is 10.0. The van der Waals surface area contributed by atoms with Crippen LogP contribution in [-0.4, -0.2) is 22.0 Å². The van der Waals surface area contributed by atoms with Crippen LogP contribution in [0.25, 0.3) is 0 Å². The van der Waals surface area contributed by atoms with Crippen molar-refractivity contribution in [2.75, 3.05) is 0 Å². The summed E-state index contributed by atoms with van der Waals surface area (Å²) in [5, 5.41) is 12.0. The summed E-state index contributed by atoms with van der Waals surface area (Å²) in [4.78, 5) is 27.3. The van der Waals surface area contributed by atoms with E-state index < -0.39 is 5.97 Å². The number of nitrogens with zero attached hydrogens (tertiary/aromatic N) is 1. The number of aromatic nitrogens is 1. The lowest BCUT2D eigenvalue weighted by Gasteiger charge is -2.19. The van der Waals surface area contributed by atoms with Crippen molar-refractivity contribution in [3.63, 3.8) is 0 Å². The highest BCUT2D eigenvalue weighted by Crippen LogP contribution is 2.41. The van der Waals surface area contributed by atoms with Gasteiger partial charge in [0.05, 0.1) is 6.04 Å². The second-order valence-electron chi connectivity index (χ2n) is 5.91. The Morgan fingerprint density at radius 2 is 1.78 bits per heavy atom. The predicted octanol–water partition coefficient (Wildman–Crippen LogP) is 2.97. The maximum atomic E-state index is 12.4.